The van der Waals surface area contributed by atoms with Gasteiger partial charge in [-0.05, 0) is 18.9 Å². The highest BCUT2D eigenvalue weighted by Gasteiger charge is 2.61. The summed E-state index contributed by atoms with van der Waals surface area (Å²) in [5, 5.41) is 7.42. The molecule has 1 aromatic rings. The summed E-state index contributed by atoms with van der Waals surface area (Å²) < 4.78 is 0. The first kappa shape index (κ1) is 13.0. The van der Waals surface area contributed by atoms with Gasteiger partial charge in [0.15, 0.2) is 0 Å². The zero-order valence-corrected chi connectivity index (χ0v) is 11.7. The molecule has 2 aliphatic rings. The monoisotopic (exact) mass is 274 g/mol. The van der Waals surface area contributed by atoms with Crippen LogP contribution < -0.4 is 0 Å². The number of hydrogen-bond acceptors (Lipinski definition) is 4. The van der Waals surface area contributed by atoms with Gasteiger partial charge in [0.1, 0.15) is 0 Å². The van der Waals surface area contributed by atoms with Crippen LogP contribution in [0, 0.1) is 11.3 Å². The Morgan fingerprint density at radius 1 is 1.40 bits per heavy atom. The molecule has 0 unspecified atom stereocenters. The van der Waals surface area contributed by atoms with Gasteiger partial charge in [-0.25, -0.2) is 0 Å². The maximum Gasteiger partial charge on any atom is 0.255 e. The van der Waals surface area contributed by atoms with Crippen LogP contribution >= 0.6 is 0 Å². The highest BCUT2D eigenvalue weighted by Crippen LogP contribution is 2.59. The van der Waals surface area contributed by atoms with Crippen LogP contribution in [0.1, 0.15) is 23.2 Å². The molecule has 2 amide bonds. The minimum absolute atomic E-state index is 0.0141. The summed E-state index contributed by atoms with van der Waals surface area (Å²) in [6.07, 6.45) is 4.83. The van der Waals surface area contributed by atoms with Crippen LogP contribution in [0.5, 0.6) is 0 Å². The van der Waals surface area contributed by atoms with E-state index in [9.17, 15) is 9.59 Å². The molecule has 6 nitrogen and oxygen atoms in total. The average Bonchev–Trinajstić information content (AvgIpc) is 2.98. The lowest BCUT2D eigenvalue weighted by molar-refractivity contribution is -0.130. The van der Waals surface area contributed by atoms with Crippen molar-refractivity contribution in [2.45, 2.75) is 12.8 Å². The fraction of sp³-hybridized carbons (Fsp3) is 0.571. The fourth-order valence-corrected chi connectivity index (χ4v) is 3.13. The molecule has 106 valence electrons. The Morgan fingerprint density at radius 2 is 2.20 bits per heavy atom. The maximum atomic E-state index is 12.3. The summed E-state index contributed by atoms with van der Waals surface area (Å²) in [5.41, 5.74) is 0.588. The number of amides is 2. The number of carbonyl (C=O) groups excluding carboxylic acids is 2. The molecule has 2 heterocycles. The first-order valence-corrected chi connectivity index (χ1v) is 6.81. The maximum absolute atomic E-state index is 12.3. The zero-order chi connectivity index (χ0) is 14.3. The van der Waals surface area contributed by atoms with Gasteiger partial charge in [-0.3, -0.25) is 9.59 Å². The van der Waals surface area contributed by atoms with E-state index in [4.69, 9.17) is 0 Å². The Kier molecular flexibility index (Phi) is 2.96. The molecule has 2 atom stereocenters. The average molecular weight is 274 g/mol. The third-order valence-corrected chi connectivity index (χ3v) is 4.43. The summed E-state index contributed by atoms with van der Waals surface area (Å²) in [6, 6.07) is 1.68. The minimum atomic E-state index is -0.0141. The predicted octanol–water partition coefficient (Wildman–Crippen LogP) is 0.417. The molecule has 3 rings (SSSR count). The van der Waals surface area contributed by atoms with E-state index in [2.05, 4.69) is 10.2 Å². The zero-order valence-electron chi connectivity index (χ0n) is 11.7. The van der Waals surface area contributed by atoms with Crippen LogP contribution in [0.4, 0.5) is 0 Å². The lowest BCUT2D eigenvalue weighted by atomic mass is 10.0. The van der Waals surface area contributed by atoms with Gasteiger partial charge in [0, 0.05) is 38.5 Å². The lowest BCUT2D eigenvalue weighted by Crippen LogP contribution is -2.31. The molecule has 1 saturated carbocycles. The highest BCUT2D eigenvalue weighted by molar-refractivity contribution is 5.94. The van der Waals surface area contributed by atoms with Crippen molar-refractivity contribution in [3.05, 3.63) is 24.0 Å². The van der Waals surface area contributed by atoms with Crippen LogP contribution in [0.3, 0.4) is 0 Å². The van der Waals surface area contributed by atoms with Crippen LogP contribution in [0.15, 0.2) is 18.5 Å². The Hall–Kier alpha value is -1.98. The standard InChI is InChI=1S/C14H18N4O2/c1-17(2)13(20)11-7-14(11)4-6-18(9-14)12(19)10-3-5-15-16-8-10/h3,5,8,11H,4,6-7,9H2,1-2H3/t11-,14+/m1/s1. The normalized spacial score (nSPS) is 27.7. The van der Waals surface area contributed by atoms with E-state index in [1.807, 2.05) is 4.90 Å². The molecule has 0 radical (unpaired) electrons. The van der Waals surface area contributed by atoms with E-state index in [0.29, 0.717) is 12.1 Å². The van der Waals surface area contributed by atoms with Crippen molar-refractivity contribution < 1.29 is 9.59 Å². The second-order valence-corrected chi connectivity index (χ2v) is 5.96. The fourth-order valence-electron chi connectivity index (χ4n) is 3.13. The molecule has 20 heavy (non-hydrogen) atoms. The largest absolute Gasteiger partial charge is 0.349 e. The second-order valence-electron chi connectivity index (χ2n) is 5.96. The molecule has 2 fully saturated rings. The molecule has 0 aromatic carbocycles. The Balaban J connectivity index is 1.67. The Bertz CT molecular complexity index is 545. The molecule has 1 aliphatic heterocycles. The van der Waals surface area contributed by atoms with Gasteiger partial charge in [-0.2, -0.15) is 10.2 Å². The van der Waals surface area contributed by atoms with Crippen LogP contribution in [-0.4, -0.2) is 59.0 Å². The molecule has 6 heteroatoms. The molecular formula is C14H18N4O2. The van der Waals surface area contributed by atoms with Crippen molar-refractivity contribution >= 4 is 11.8 Å². The van der Waals surface area contributed by atoms with Gasteiger partial charge < -0.3 is 9.80 Å². The van der Waals surface area contributed by atoms with E-state index < -0.39 is 0 Å². The topological polar surface area (TPSA) is 66.4 Å². The smallest absolute Gasteiger partial charge is 0.255 e. The summed E-state index contributed by atoms with van der Waals surface area (Å²) in [7, 11) is 3.57. The van der Waals surface area contributed by atoms with Crippen molar-refractivity contribution in [2.24, 2.45) is 11.3 Å². The first-order valence-electron chi connectivity index (χ1n) is 6.81. The number of aromatic nitrogens is 2. The first-order chi connectivity index (χ1) is 9.53. The van der Waals surface area contributed by atoms with Crippen LogP contribution in [0.2, 0.25) is 0 Å². The highest BCUT2D eigenvalue weighted by atomic mass is 16.2. The quantitative estimate of drug-likeness (QED) is 0.784. The number of rotatable bonds is 2. The summed E-state index contributed by atoms with van der Waals surface area (Å²) in [4.78, 5) is 27.8. The van der Waals surface area contributed by atoms with E-state index in [1.165, 1.54) is 12.4 Å². The third kappa shape index (κ3) is 2.05. The van der Waals surface area contributed by atoms with Crippen molar-refractivity contribution in [3.8, 4) is 0 Å². The van der Waals surface area contributed by atoms with E-state index in [1.54, 1.807) is 25.1 Å². The molecule has 0 N–H and O–H groups in total. The Labute approximate surface area is 117 Å². The van der Waals surface area contributed by atoms with Crippen LogP contribution in [0.25, 0.3) is 0 Å². The number of nitrogens with zero attached hydrogens (tertiary/aromatic N) is 4. The van der Waals surface area contributed by atoms with E-state index in [0.717, 1.165) is 19.4 Å². The number of hydrogen-bond donors (Lipinski definition) is 0. The third-order valence-electron chi connectivity index (χ3n) is 4.43. The number of likely N-dealkylation sites (tertiary alicyclic amines) is 1. The van der Waals surface area contributed by atoms with Gasteiger partial charge in [0.25, 0.3) is 5.91 Å². The molecular weight excluding hydrogens is 256 g/mol. The molecule has 1 saturated heterocycles. The molecule has 1 spiro atoms. The molecule has 1 aliphatic carbocycles. The predicted molar refractivity (Wildman–Crippen MR) is 71.8 cm³/mol. The summed E-state index contributed by atoms with van der Waals surface area (Å²) in [5.74, 6) is 0.260. The number of carbonyl (C=O) groups is 2. The van der Waals surface area contributed by atoms with Gasteiger partial charge in [-0.15, -0.1) is 0 Å². The van der Waals surface area contributed by atoms with Crippen molar-refractivity contribution in [2.75, 3.05) is 27.2 Å². The van der Waals surface area contributed by atoms with Gasteiger partial charge in [-0.1, -0.05) is 0 Å². The summed E-state index contributed by atoms with van der Waals surface area (Å²) >= 11 is 0. The van der Waals surface area contributed by atoms with Gasteiger partial charge in [0.05, 0.1) is 18.0 Å². The molecule has 1 aromatic heterocycles. The SMILES string of the molecule is CN(C)C(=O)[C@H]1C[C@]12CCN(C(=O)c1ccnnc1)C2. The molecule has 0 bridgehead atoms. The second kappa shape index (κ2) is 4.54. The van der Waals surface area contributed by atoms with Crippen molar-refractivity contribution in [1.29, 1.82) is 0 Å². The Morgan fingerprint density at radius 3 is 2.85 bits per heavy atom. The van der Waals surface area contributed by atoms with Gasteiger partial charge >= 0.3 is 0 Å². The van der Waals surface area contributed by atoms with Crippen molar-refractivity contribution in [3.63, 3.8) is 0 Å². The van der Waals surface area contributed by atoms with E-state index in [-0.39, 0.29) is 23.1 Å². The van der Waals surface area contributed by atoms with Crippen molar-refractivity contribution in [1.82, 2.24) is 20.0 Å². The lowest BCUT2D eigenvalue weighted by Gasteiger charge is -2.17. The van der Waals surface area contributed by atoms with E-state index >= 15 is 0 Å². The van der Waals surface area contributed by atoms with Gasteiger partial charge in [0.2, 0.25) is 5.91 Å². The summed E-state index contributed by atoms with van der Waals surface area (Å²) in [6.45, 7) is 1.40. The minimum Gasteiger partial charge on any atom is -0.349 e. The van der Waals surface area contributed by atoms with Crippen LogP contribution in [-0.2, 0) is 4.79 Å².